The number of thiophene rings is 1. The van der Waals surface area contributed by atoms with E-state index in [0.717, 1.165) is 20.8 Å². The highest BCUT2D eigenvalue weighted by molar-refractivity contribution is 8.00. The number of ether oxygens (including phenoxy) is 1. The quantitative estimate of drug-likeness (QED) is 0.490. The lowest BCUT2D eigenvalue weighted by molar-refractivity contribution is -0.134. The number of benzene rings is 1. The third kappa shape index (κ3) is 3.72. The number of aromatic nitrogens is 2. The Bertz CT molecular complexity index is 953. The van der Waals surface area contributed by atoms with Crippen LogP contribution in [0, 0.1) is 13.8 Å². The van der Waals surface area contributed by atoms with Crippen molar-refractivity contribution in [2.75, 3.05) is 26.3 Å². The summed E-state index contributed by atoms with van der Waals surface area (Å²) in [6.07, 6.45) is 1.60. The zero-order chi connectivity index (χ0) is 18.8. The number of nitrogens with zero attached hydrogens (tertiary/aromatic N) is 3. The Morgan fingerprint density at radius 3 is 2.67 bits per heavy atom. The molecule has 1 aliphatic heterocycles. The predicted molar refractivity (Wildman–Crippen MR) is 109 cm³/mol. The van der Waals surface area contributed by atoms with Crippen LogP contribution in [-0.4, -0.2) is 47.1 Å². The van der Waals surface area contributed by atoms with Crippen LogP contribution >= 0.6 is 23.1 Å². The summed E-state index contributed by atoms with van der Waals surface area (Å²) in [6.45, 7) is 6.67. The van der Waals surface area contributed by atoms with Crippen molar-refractivity contribution in [1.29, 1.82) is 0 Å². The number of aryl methyl sites for hydroxylation is 2. The Morgan fingerprint density at radius 1 is 1.19 bits per heavy atom. The molecule has 1 atom stereocenters. The molecule has 1 fully saturated rings. The fourth-order valence-corrected chi connectivity index (χ4v) is 5.49. The van der Waals surface area contributed by atoms with Crippen molar-refractivity contribution in [3.05, 3.63) is 52.7 Å². The molecule has 0 radical (unpaired) electrons. The smallest absolute Gasteiger partial charge is 0.240 e. The highest BCUT2D eigenvalue weighted by atomic mass is 32.2. The summed E-state index contributed by atoms with van der Waals surface area (Å²) < 4.78 is 5.41. The number of hydrogen-bond donors (Lipinski definition) is 0. The highest BCUT2D eigenvalue weighted by Gasteiger charge is 2.29. The van der Waals surface area contributed by atoms with Crippen molar-refractivity contribution in [3.63, 3.8) is 0 Å². The molecular formula is C20H21N3O2S2. The second-order valence-corrected chi connectivity index (χ2v) is 8.79. The van der Waals surface area contributed by atoms with E-state index in [1.165, 1.54) is 22.2 Å². The number of amides is 1. The summed E-state index contributed by atoms with van der Waals surface area (Å²) in [5.41, 5.74) is 2.19. The van der Waals surface area contributed by atoms with Gasteiger partial charge in [0.25, 0.3) is 0 Å². The van der Waals surface area contributed by atoms with Crippen LogP contribution in [0.15, 0.2) is 41.7 Å². The van der Waals surface area contributed by atoms with E-state index < -0.39 is 0 Å². The molecule has 140 valence electrons. The molecule has 1 amide bonds. The standard InChI is InChI=1S/C20H21N3O2S2/c1-13-14(2)26-18-16(13)19(22-12-21-18)27-17(15-6-4-3-5-7-15)20(24)23-8-10-25-11-9-23/h3-7,12,17H,8-11H2,1-2H3/t17-/m1/s1. The fraction of sp³-hybridized carbons (Fsp3) is 0.350. The summed E-state index contributed by atoms with van der Waals surface area (Å²) in [6, 6.07) is 9.95. The highest BCUT2D eigenvalue weighted by Crippen LogP contribution is 2.41. The molecule has 1 saturated heterocycles. The van der Waals surface area contributed by atoms with Gasteiger partial charge in [-0.25, -0.2) is 9.97 Å². The molecule has 0 aliphatic carbocycles. The van der Waals surface area contributed by atoms with E-state index in [0.29, 0.717) is 26.3 Å². The number of hydrogen-bond acceptors (Lipinski definition) is 6. The van der Waals surface area contributed by atoms with Gasteiger partial charge in [0.1, 0.15) is 21.4 Å². The molecule has 3 aromatic rings. The van der Waals surface area contributed by atoms with E-state index >= 15 is 0 Å². The number of carbonyl (C=O) groups excluding carboxylic acids is 1. The molecule has 5 nitrogen and oxygen atoms in total. The van der Waals surface area contributed by atoms with Crippen molar-refractivity contribution in [1.82, 2.24) is 14.9 Å². The van der Waals surface area contributed by atoms with Crippen LogP contribution in [0.2, 0.25) is 0 Å². The lowest BCUT2D eigenvalue weighted by Gasteiger charge is -2.30. The molecule has 27 heavy (non-hydrogen) atoms. The molecule has 1 aromatic carbocycles. The van der Waals surface area contributed by atoms with E-state index in [1.807, 2.05) is 35.2 Å². The largest absolute Gasteiger partial charge is 0.378 e. The van der Waals surface area contributed by atoms with Gasteiger partial charge in [-0.15, -0.1) is 11.3 Å². The van der Waals surface area contributed by atoms with Gasteiger partial charge in [0, 0.05) is 23.4 Å². The van der Waals surface area contributed by atoms with Crippen molar-refractivity contribution in [3.8, 4) is 0 Å². The monoisotopic (exact) mass is 399 g/mol. The lowest BCUT2D eigenvalue weighted by Crippen LogP contribution is -2.42. The van der Waals surface area contributed by atoms with Crippen LogP contribution in [0.25, 0.3) is 10.2 Å². The normalized spacial score (nSPS) is 15.9. The molecule has 0 bridgehead atoms. The summed E-state index contributed by atoms with van der Waals surface area (Å²) in [4.78, 5) is 26.4. The van der Waals surface area contributed by atoms with Gasteiger partial charge < -0.3 is 9.64 Å². The van der Waals surface area contributed by atoms with E-state index in [-0.39, 0.29) is 11.2 Å². The molecular weight excluding hydrogens is 378 g/mol. The SMILES string of the molecule is Cc1sc2ncnc(S[C@@H](C(=O)N3CCOCC3)c3ccccc3)c2c1C. The molecule has 0 saturated carbocycles. The first kappa shape index (κ1) is 18.4. The molecule has 0 unspecified atom stereocenters. The van der Waals surface area contributed by atoms with E-state index in [9.17, 15) is 4.79 Å². The van der Waals surface area contributed by atoms with Crippen LogP contribution in [-0.2, 0) is 9.53 Å². The van der Waals surface area contributed by atoms with E-state index in [2.05, 4.69) is 23.8 Å². The Balaban J connectivity index is 1.73. The van der Waals surface area contributed by atoms with Gasteiger partial charge in [-0.2, -0.15) is 0 Å². The number of carbonyl (C=O) groups is 1. The van der Waals surface area contributed by atoms with Gasteiger partial charge in [0.05, 0.1) is 13.2 Å². The van der Waals surface area contributed by atoms with Crippen LogP contribution in [0.1, 0.15) is 21.3 Å². The van der Waals surface area contributed by atoms with Crippen LogP contribution in [0.5, 0.6) is 0 Å². The Kier molecular flexibility index (Phi) is 5.43. The summed E-state index contributed by atoms with van der Waals surface area (Å²) in [7, 11) is 0. The first-order valence-electron chi connectivity index (χ1n) is 8.94. The van der Waals surface area contributed by atoms with E-state index in [4.69, 9.17) is 4.74 Å². The maximum atomic E-state index is 13.3. The minimum atomic E-state index is -0.331. The minimum absolute atomic E-state index is 0.117. The zero-order valence-electron chi connectivity index (χ0n) is 15.3. The molecule has 0 N–H and O–H groups in total. The Morgan fingerprint density at radius 2 is 1.93 bits per heavy atom. The number of thioether (sulfide) groups is 1. The van der Waals surface area contributed by atoms with Crippen molar-refractivity contribution in [2.24, 2.45) is 0 Å². The molecule has 3 heterocycles. The van der Waals surface area contributed by atoms with Gasteiger partial charge in [-0.05, 0) is 25.0 Å². The molecule has 4 rings (SSSR count). The number of morpholine rings is 1. The van der Waals surface area contributed by atoms with Crippen molar-refractivity contribution >= 4 is 39.2 Å². The van der Waals surface area contributed by atoms with Gasteiger partial charge in [0.2, 0.25) is 5.91 Å². The first-order chi connectivity index (χ1) is 13.1. The number of fused-ring (bicyclic) bond motifs is 1. The molecule has 2 aromatic heterocycles. The van der Waals surface area contributed by atoms with Gasteiger partial charge in [-0.3, -0.25) is 4.79 Å². The van der Waals surface area contributed by atoms with E-state index in [1.54, 1.807) is 17.7 Å². The van der Waals surface area contributed by atoms with Crippen LogP contribution in [0.4, 0.5) is 0 Å². The molecule has 0 spiro atoms. The maximum absolute atomic E-state index is 13.3. The Hall–Kier alpha value is -1.96. The van der Waals surface area contributed by atoms with Crippen LogP contribution in [0.3, 0.4) is 0 Å². The third-order valence-electron chi connectivity index (χ3n) is 4.81. The average molecular weight is 400 g/mol. The minimum Gasteiger partial charge on any atom is -0.378 e. The summed E-state index contributed by atoms with van der Waals surface area (Å²) >= 11 is 3.20. The topological polar surface area (TPSA) is 55.3 Å². The second kappa shape index (κ2) is 7.96. The lowest BCUT2D eigenvalue weighted by atomic mass is 10.1. The van der Waals surface area contributed by atoms with Crippen molar-refractivity contribution in [2.45, 2.75) is 24.1 Å². The van der Waals surface area contributed by atoms with Gasteiger partial charge >= 0.3 is 0 Å². The predicted octanol–water partition coefficient (Wildman–Crippen LogP) is 4.00. The van der Waals surface area contributed by atoms with Gasteiger partial charge in [0.15, 0.2) is 0 Å². The van der Waals surface area contributed by atoms with Gasteiger partial charge in [-0.1, -0.05) is 42.1 Å². The maximum Gasteiger partial charge on any atom is 0.240 e. The van der Waals surface area contributed by atoms with Crippen molar-refractivity contribution < 1.29 is 9.53 Å². The average Bonchev–Trinajstić information content (AvgIpc) is 3.01. The fourth-order valence-electron chi connectivity index (χ4n) is 3.19. The zero-order valence-corrected chi connectivity index (χ0v) is 17.0. The summed E-state index contributed by atoms with van der Waals surface area (Å²) in [5.74, 6) is 0.117. The van der Waals surface area contributed by atoms with Crippen LogP contribution < -0.4 is 0 Å². The summed E-state index contributed by atoms with van der Waals surface area (Å²) in [5, 5.41) is 1.61. The first-order valence-corrected chi connectivity index (χ1v) is 10.6. The Labute approximate surface area is 166 Å². The number of rotatable bonds is 4. The third-order valence-corrected chi connectivity index (χ3v) is 7.17. The molecule has 7 heteroatoms. The second-order valence-electron chi connectivity index (χ2n) is 6.49. The molecule has 1 aliphatic rings.